The molecule has 31 heavy (non-hydrogen) atoms. The highest BCUT2D eigenvalue weighted by atomic mass is 16.6. The molecule has 3 aromatic rings. The number of hydrogen-bond acceptors (Lipinski definition) is 5. The predicted octanol–water partition coefficient (Wildman–Crippen LogP) is 5.70. The van der Waals surface area contributed by atoms with Crippen LogP contribution in [0.15, 0.2) is 66.7 Å². The Bertz CT molecular complexity index is 1150. The summed E-state index contributed by atoms with van der Waals surface area (Å²) >= 11 is 0. The van der Waals surface area contributed by atoms with E-state index in [4.69, 9.17) is 9.47 Å². The van der Waals surface area contributed by atoms with Crippen molar-refractivity contribution in [2.24, 2.45) is 0 Å². The molecule has 0 fully saturated rings. The second-order valence-corrected chi connectivity index (χ2v) is 7.10. The second-order valence-electron chi connectivity index (χ2n) is 7.10. The highest BCUT2D eigenvalue weighted by molar-refractivity contribution is 6.09. The summed E-state index contributed by atoms with van der Waals surface area (Å²) in [5.41, 5.74) is 3.56. The molecule has 0 aliphatic heterocycles. The van der Waals surface area contributed by atoms with Gasteiger partial charge < -0.3 is 9.47 Å². The van der Waals surface area contributed by atoms with E-state index in [0.29, 0.717) is 12.4 Å². The zero-order valence-corrected chi connectivity index (χ0v) is 17.6. The van der Waals surface area contributed by atoms with Gasteiger partial charge in [-0.2, -0.15) is 0 Å². The van der Waals surface area contributed by atoms with Crippen molar-refractivity contribution in [1.29, 1.82) is 0 Å². The number of nitro groups is 1. The molecular weight excluding hydrogens is 394 g/mol. The summed E-state index contributed by atoms with van der Waals surface area (Å²) < 4.78 is 11.4. The molecule has 0 bridgehead atoms. The first kappa shape index (κ1) is 21.8. The molecule has 0 saturated carbocycles. The van der Waals surface area contributed by atoms with Gasteiger partial charge in [-0.05, 0) is 60.9 Å². The standard InChI is InChI=1S/C25H23NO5/c1-17-8-9-18(2)25(14-17)31-16-20-15-19(11-13-24(20)30-3)10-12-23(27)21-6-4-5-7-22(21)26(28)29/h4-15H,16H2,1-3H3/b12-10+. The molecule has 0 saturated heterocycles. The van der Waals surface area contributed by atoms with E-state index < -0.39 is 10.7 Å². The fraction of sp³-hybridized carbons (Fsp3) is 0.160. The van der Waals surface area contributed by atoms with Crippen LogP contribution in [0, 0.1) is 24.0 Å². The van der Waals surface area contributed by atoms with Crippen molar-refractivity contribution < 1.29 is 19.2 Å². The van der Waals surface area contributed by atoms with Gasteiger partial charge in [0, 0.05) is 11.6 Å². The van der Waals surface area contributed by atoms with Crippen molar-refractivity contribution in [3.05, 3.63) is 105 Å². The minimum Gasteiger partial charge on any atom is -0.496 e. The minimum absolute atomic E-state index is 0.0516. The molecule has 0 aliphatic rings. The van der Waals surface area contributed by atoms with E-state index in [2.05, 4.69) is 0 Å². The Balaban J connectivity index is 1.81. The highest BCUT2D eigenvalue weighted by Gasteiger charge is 2.17. The Morgan fingerprint density at radius 2 is 1.81 bits per heavy atom. The van der Waals surface area contributed by atoms with Crippen molar-refractivity contribution in [1.82, 2.24) is 0 Å². The molecule has 0 aromatic heterocycles. The SMILES string of the molecule is COc1ccc(/C=C/C(=O)c2ccccc2[N+](=O)[O-])cc1COc1cc(C)ccc1C. The Kier molecular flexibility index (Phi) is 6.82. The molecule has 3 rings (SSSR count). The van der Waals surface area contributed by atoms with Crippen LogP contribution in [0.25, 0.3) is 6.08 Å². The van der Waals surface area contributed by atoms with E-state index in [-0.39, 0.29) is 11.3 Å². The first-order valence-corrected chi connectivity index (χ1v) is 9.72. The quantitative estimate of drug-likeness (QED) is 0.203. The zero-order valence-electron chi connectivity index (χ0n) is 17.6. The van der Waals surface area contributed by atoms with Gasteiger partial charge in [0.25, 0.3) is 5.69 Å². The summed E-state index contributed by atoms with van der Waals surface area (Å²) in [5, 5.41) is 11.2. The lowest BCUT2D eigenvalue weighted by Gasteiger charge is -2.13. The molecule has 158 valence electrons. The van der Waals surface area contributed by atoms with Gasteiger partial charge in [-0.25, -0.2) is 0 Å². The van der Waals surface area contributed by atoms with E-state index >= 15 is 0 Å². The summed E-state index contributed by atoms with van der Waals surface area (Å²) in [6.07, 6.45) is 2.96. The lowest BCUT2D eigenvalue weighted by molar-refractivity contribution is -0.385. The number of ether oxygens (including phenoxy) is 2. The van der Waals surface area contributed by atoms with Crippen LogP contribution in [0.5, 0.6) is 11.5 Å². The molecule has 0 aliphatic carbocycles. The van der Waals surface area contributed by atoms with Gasteiger partial charge in [-0.1, -0.05) is 36.4 Å². The number of carbonyl (C=O) groups excluding carboxylic acids is 1. The van der Waals surface area contributed by atoms with Crippen LogP contribution < -0.4 is 9.47 Å². The third-order valence-corrected chi connectivity index (χ3v) is 4.82. The lowest BCUT2D eigenvalue weighted by atomic mass is 10.1. The van der Waals surface area contributed by atoms with Gasteiger partial charge >= 0.3 is 0 Å². The predicted molar refractivity (Wildman–Crippen MR) is 120 cm³/mol. The van der Waals surface area contributed by atoms with Gasteiger partial charge in [-0.3, -0.25) is 14.9 Å². The second kappa shape index (κ2) is 9.71. The molecule has 0 heterocycles. The van der Waals surface area contributed by atoms with Gasteiger partial charge in [0.1, 0.15) is 18.1 Å². The number of nitro benzene ring substituents is 1. The zero-order chi connectivity index (χ0) is 22.4. The van der Waals surface area contributed by atoms with Crippen LogP contribution in [0.2, 0.25) is 0 Å². The van der Waals surface area contributed by atoms with Crippen molar-refractivity contribution in [3.63, 3.8) is 0 Å². The van der Waals surface area contributed by atoms with E-state index in [9.17, 15) is 14.9 Å². The topological polar surface area (TPSA) is 78.7 Å². The molecule has 0 radical (unpaired) electrons. The van der Waals surface area contributed by atoms with Crippen molar-refractivity contribution in [2.45, 2.75) is 20.5 Å². The first-order chi connectivity index (χ1) is 14.9. The van der Waals surface area contributed by atoms with Crippen LogP contribution in [-0.2, 0) is 6.61 Å². The van der Waals surface area contributed by atoms with Crippen molar-refractivity contribution in [3.8, 4) is 11.5 Å². The normalized spacial score (nSPS) is 10.8. The Morgan fingerprint density at radius 3 is 2.55 bits per heavy atom. The summed E-state index contributed by atoms with van der Waals surface area (Å²) in [4.78, 5) is 23.1. The van der Waals surface area contributed by atoms with Gasteiger partial charge in [0.2, 0.25) is 0 Å². The maximum atomic E-state index is 12.5. The van der Waals surface area contributed by atoms with E-state index in [1.807, 2.05) is 44.2 Å². The molecule has 0 atom stereocenters. The summed E-state index contributed by atoms with van der Waals surface area (Å²) in [7, 11) is 1.59. The number of ketones is 1. The fourth-order valence-corrected chi connectivity index (χ4v) is 3.14. The Labute approximate surface area is 180 Å². The van der Waals surface area contributed by atoms with E-state index in [1.54, 1.807) is 25.3 Å². The molecule has 0 amide bonds. The number of methoxy groups -OCH3 is 1. The molecular formula is C25H23NO5. The average Bonchev–Trinajstić information content (AvgIpc) is 2.78. The largest absolute Gasteiger partial charge is 0.496 e. The first-order valence-electron chi connectivity index (χ1n) is 9.72. The lowest BCUT2D eigenvalue weighted by Crippen LogP contribution is -2.01. The number of carbonyl (C=O) groups is 1. The van der Waals surface area contributed by atoms with Crippen LogP contribution in [0.4, 0.5) is 5.69 Å². The number of benzene rings is 3. The summed E-state index contributed by atoms with van der Waals surface area (Å²) in [6.45, 7) is 4.29. The smallest absolute Gasteiger partial charge is 0.280 e. The Hall–Kier alpha value is -3.93. The molecule has 3 aromatic carbocycles. The minimum atomic E-state index is -0.558. The fourth-order valence-electron chi connectivity index (χ4n) is 3.14. The number of hydrogen-bond donors (Lipinski definition) is 0. The van der Waals surface area contributed by atoms with Gasteiger partial charge in [0.15, 0.2) is 5.78 Å². The van der Waals surface area contributed by atoms with Crippen molar-refractivity contribution in [2.75, 3.05) is 7.11 Å². The highest BCUT2D eigenvalue weighted by Crippen LogP contribution is 2.25. The summed E-state index contributed by atoms with van der Waals surface area (Å²) in [6, 6.07) is 17.4. The van der Waals surface area contributed by atoms with E-state index in [0.717, 1.165) is 28.0 Å². The van der Waals surface area contributed by atoms with E-state index in [1.165, 1.54) is 24.3 Å². The third-order valence-electron chi connectivity index (χ3n) is 4.82. The van der Waals surface area contributed by atoms with Crippen LogP contribution in [0.1, 0.15) is 32.6 Å². The number of allylic oxidation sites excluding steroid dienone is 1. The average molecular weight is 417 g/mol. The number of para-hydroxylation sites is 1. The van der Waals surface area contributed by atoms with Crippen LogP contribution in [0.3, 0.4) is 0 Å². The maximum absolute atomic E-state index is 12.5. The molecule has 6 nitrogen and oxygen atoms in total. The van der Waals surface area contributed by atoms with Crippen LogP contribution in [-0.4, -0.2) is 17.8 Å². The van der Waals surface area contributed by atoms with Crippen LogP contribution >= 0.6 is 0 Å². The Morgan fingerprint density at radius 1 is 1.03 bits per heavy atom. The number of nitrogens with zero attached hydrogens (tertiary/aromatic N) is 1. The van der Waals surface area contributed by atoms with Crippen molar-refractivity contribution >= 4 is 17.5 Å². The third kappa shape index (κ3) is 5.36. The molecule has 0 spiro atoms. The monoisotopic (exact) mass is 417 g/mol. The molecule has 6 heteroatoms. The number of rotatable bonds is 8. The molecule has 0 unspecified atom stereocenters. The van der Waals surface area contributed by atoms with Gasteiger partial charge in [0.05, 0.1) is 17.6 Å². The number of aryl methyl sites for hydroxylation is 2. The molecule has 0 N–H and O–H groups in total. The maximum Gasteiger partial charge on any atom is 0.280 e. The van der Waals surface area contributed by atoms with Gasteiger partial charge in [-0.15, -0.1) is 0 Å². The summed E-state index contributed by atoms with van der Waals surface area (Å²) in [5.74, 6) is 1.04.